The first-order valence-corrected chi connectivity index (χ1v) is 7.94. The smallest absolute Gasteiger partial charge is 0.454 e. The van der Waals surface area contributed by atoms with E-state index >= 15 is 0 Å². The Balaban J connectivity index is 2.78. The number of hydrogen-bond donors (Lipinski definition) is 1. The molecule has 0 radical (unpaired) electrons. The van der Waals surface area contributed by atoms with Gasteiger partial charge in [0.1, 0.15) is 0 Å². The highest BCUT2D eigenvalue weighted by Gasteiger charge is 2.76. The summed E-state index contributed by atoms with van der Waals surface area (Å²) in [5.74, 6) is -8.60. The van der Waals surface area contributed by atoms with Crippen LogP contribution in [-0.2, 0) is 10.8 Å². The van der Waals surface area contributed by atoms with Gasteiger partial charge >= 0.3 is 18.3 Å². The second-order valence-electron chi connectivity index (χ2n) is 6.73. The van der Waals surface area contributed by atoms with Gasteiger partial charge in [0.25, 0.3) is 0 Å². The summed E-state index contributed by atoms with van der Waals surface area (Å²) in [5, 5.41) is 9.79. The molecule has 1 N–H and O–H groups in total. The molecule has 0 saturated heterocycles. The monoisotopic (exact) mass is 458 g/mol. The van der Waals surface area contributed by atoms with Crippen molar-refractivity contribution in [2.45, 2.75) is 55.8 Å². The number of alkyl halides is 8. The predicted molar refractivity (Wildman–Crippen MR) is 76.8 cm³/mol. The summed E-state index contributed by atoms with van der Waals surface area (Å²) in [5.41, 5.74) is -7.86. The maximum atomic E-state index is 14.2. The number of rotatable bonds is 3. The topological polar surface area (TPSA) is 20.2 Å². The van der Waals surface area contributed by atoms with Crippen LogP contribution >= 0.6 is 15.9 Å². The fourth-order valence-electron chi connectivity index (χ4n) is 2.74. The zero-order chi connectivity index (χ0) is 20.5. The molecule has 148 valence electrons. The van der Waals surface area contributed by atoms with Gasteiger partial charge in [-0.3, -0.25) is 0 Å². The summed E-state index contributed by atoms with van der Waals surface area (Å²) >= 11 is 2.53. The SMILES string of the molecule is CC(C)(c1cc(C2(C(F)(F)C(F)(F)F)CC2)c(O)c(F)c1Br)C(F)(F)F. The second-order valence-corrected chi connectivity index (χ2v) is 7.52. The third-order valence-corrected chi connectivity index (χ3v) is 5.56. The van der Waals surface area contributed by atoms with Gasteiger partial charge in [-0.1, -0.05) is 0 Å². The van der Waals surface area contributed by atoms with Crippen molar-refractivity contribution in [1.29, 1.82) is 0 Å². The van der Waals surface area contributed by atoms with Crippen molar-refractivity contribution in [3.63, 3.8) is 0 Å². The van der Waals surface area contributed by atoms with Crippen LogP contribution in [0.4, 0.5) is 39.5 Å². The summed E-state index contributed by atoms with van der Waals surface area (Å²) in [4.78, 5) is 0. The molecule has 0 aromatic heterocycles. The molecule has 1 fully saturated rings. The molecule has 11 heteroatoms. The highest BCUT2D eigenvalue weighted by molar-refractivity contribution is 9.10. The second kappa shape index (κ2) is 5.68. The fourth-order valence-corrected chi connectivity index (χ4v) is 3.54. The Morgan fingerprint density at radius 1 is 0.962 bits per heavy atom. The lowest BCUT2D eigenvalue weighted by Gasteiger charge is -2.33. The molecule has 1 aliphatic carbocycles. The van der Waals surface area contributed by atoms with Crippen LogP contribution in [0.5, 0.6) is 5.75 Å². The lowest BCUT2D eigenvalue weighted by atomic mass is 9.79. The molecule has 1 nitrogen and oxygen atoms in total. The van der Waals surface area contributed by atoms with E-state index in [4.69, 9.17) is 0 Å². The normalized spacial score (nSPS) is 18.2. The van der Waals surface area contributed by atoms with E-state index in [0.717, 1.165) is 0 Å². The Hall–Kier alpha value is -1.13. The highest BCUT2D eigenvalue weighted by Crippen LogP contribution is 2.65. The van der Waals surface area contributed by atoms with E-state index in [2.05, 4.69) is 15.9 Å². The third kappa shape index (κ3) is 2.77. The van der Waals surface area contributed by atoms with Crippen LogP contribution in [0.2, 0.25) is 0 Å². The molecule has 0 aliphatic heterocycles. The van der Waals surface area contributed by atoms with Crippen LogP contribution in [0.3, 0.4) is 0 Å². The number of phenols is 1. The number of hydrogen-bond acceptors (Lipinski definition) is 1. The standard InChI is InChI=1S/C15H12BrF9O/c1-11(2,14(20,21)22)6-5-7(10(26)9(17)8(6)16)12(3-4-12)13(18,19)15(23,24)25/h5,26H,3-4H2,1-2H3. The molecular weight excluding hydrogens is 447 g/mol. The molecule has 1 aromatic rings. The number of aromatic hydroxyl groups is 1. The average Bonchev–Trinajstić information content (AvgIpc) is 3.24. The van der Waals surface area contributed by atoms with Crippen molar-refractivity contribution < 1.29 is 44.6 Å². The molecule has 0 atom stereocenters. The Morgan fingerprint density at radius 2 is 1.42 bits per heavy atom. The molecule has 0 unspecified atom stereocenters. The average molecular weight is 459 g/mol. The van der Waals surface area contributed by atoms with E-state index in [1.54, 1.807) is 0 Å². The van der Waals surface area contributed by atoms with Crippen LogP contribution in [0.25, 0.3) is 0 Å². The largest absolute Gasteiger partial charge is 0.505 e. The Kier molecular flexibility index (Phi) is 4.63. The van der Waals surface area contributed by atoms with Gasteiger partial charge in [0.2, 0.25) is 0 Å². The van der Waals surface area contributed by atoms with E-state index in [1.165, 1.54) is 0 Å². The van der Waals surface area contributed by atoms with E-state index in [-0.39, 0.29) is 0 Å². The van der Waals surface area contributed by atoms with E-state index in [1.807, 2.05) is 0 Å². The van der Waals surface area contributed by atoms with Gasteiger partial charge in [0, 0.05) is 5.56 Å². The summed E-state index contributed by atoms with van der Waals surface area (Å²) in [7, 11) is 0. The van der Waals surface area contributed by atoms with Gasteiger partial charge in [0.15, 0.2) is 11.6 Å². The van der Waals surface area contributed by atoms with Gasteiger partial charge in [-0.25, -0.2) is 4.39 Å². The Morgan fingerprint density at radius 3 is 1.77 bits per heavy atom. The minimum absolute atomic E-state index is 0.378. The molecule has 2 rings (SSSR count). The van der Waals surface area contributed by atoms with Gasteiger partial charge in [-0.15, -0.1) is 0 Å². The molecule has 1 aliphatic rings. The van der Waals surface area contributed by atoms with Gasteiger partial charge in [-0.2, -0.15) is 35.1 Å². The first kappa shape index (κ1) is 21.2. The van der Waals surface area contributed by atoms with E-state index < -0.39 is 69.1 Å². The first-order chi connectivity index (χ1) is 11.4. The van der Waals surface area contributed by atoms with Crippen LogP contribution in [0, 0.1) is 5.82 Å². The molecule has 1 aromatic carbocycles. The molecule has 0 spiro atoms. The number of phenolic OH excluding ortho intramolecular Hbond substituents is 1. The first-order valence-electron chi connectivity index (χ1n) is 7.15. The van der Waals surface area contributed by atoms with E-state index in [9.17, 15) is 44.6 Å². The molecule has 0 heterocycles. The maximum Gasteiger partial charge on any atom is 0.454 e. The third-order valence-electron chi connectivity index (χ3n) is 4.79. The summed E-state index contributed by atoms with van der Waals surface area (Å²) < 4.78 is 119. The zero-order valence-electron chi connectivity index (χ0n) is 13.2. The molecule has 0 bridgehead atoms. The van der Waals surface area contributed by atoms with Gasteiger partial charge < -0.3 is 5.11 Å². The fraction of sp³-hybridized carbons (Fsp3) is 0.600. The summed E-state index contributed by atoms with van der Waals surface area (Å²) in [6, 6.07) is 0.378. The highest BCUT2D eigenvalue weighted by atomic mass is 79.9. The predicted octanol–water partition coefficient (Wildman–Crippen LogP) is 6.36. The van der Waals surface area contributed by atoms with Crippen LogP contribution in [-0.4, -0.2) is 23.4 Å². The van der Waals surface area contributed by atoms with Crippen LogP contribution in [0.15, 0.2) is 10.5 Å². The quantitative estimate of drug-likeness (QED) is 0.522. The van der Waals surface area contributed by atoms with E-state index in [0.29, 0.717) is 19.9 Å². The van der Waals surface area contributed by atoms with Crippen molar-refractivity contribution in [3.05, 3.63) is 27.5 Å². The van der Waals surface area contributed by atoms with Crippen LogP contribution < -0.4 is 0 Å². The van der Waals surface area contributed by atoms with Gasteiger partial charge in [0.05, 0.1) is 15.3 Å². The maximum absolute atomic E-state index is 14.2. The van der Waals surface area contributed by atoms with Crippen molar-refractivity contribution in [3.8, 4) is 5.75 Å². The molecular formula is C15H12BrF9O. The van der Waals surface area contributed by atoms with Crippen molar-refractivity contribution in [2.24, 2.45) is 0 Å². The van der Waals surface area contributed by atoms with Crippen LogP contribution in [0.1, 0.15) is 37.8 Å². The molecule has 0 amide bonds. The molecule has 26 heavy (non-hydrogen) atoms. The number of halogens is 10. The minimum atomic E-state index is -6.01. The summed E-state index contributed by atoms with van der Waals surface area (Å²) in [6.45, 7) is 1.24. The number of benzene rings is 1. The van der Waals surface area contributed by atoms with Gasteiger partial charge in [-0.05, 0) is 54.2 Å². The Labute approximate surface area is 150 Å². The summed E-state index contributed by atoms with van der Waals surface area (Å²) in [6.07, 6.45) is -12.5. The van der Waals surface area contributed by atoms with Crippen molar-refractivity contribution in [2.75, 3.05) is 0 Å². The van der Waals surface area contributed by atoms with Crippen molar-refractivity contribution >= 4 is 15.9 Å². The Bertz CT molecular complexity index is 730. The zero-order valence-corrected chi connectivity index (χ0v) is 14.8. The minimum Gasteiger partial charge on any atom is -0.505 e. The van der Waals surface area contributed by atoms with Crippen molar-refractivity contribution in [1.82, 2.24) is 0 Å². The lowest BCUT2D eigenvalue weighted by molar-refractivity contribution is -0.296. The molecule has 1 saturated carbocycles. The lowest BCUT2D eigenvalue weighted by Crippen LogP contribution is -2.47.